The molecule has 8 nitrogen and oxygen atoms in total. The highest BCUT2D eigenvalue weighted by Crippen LogP contribution is 2.53. The van der Waals surface area contributed by atoms with E-state index in [0.717, 1.165) is 5.56 Å². The minimum atomic E-state index is -1.37. The molecule has 0 saturated carbocycles. The van der Waals surface area contributed by atoms with E-state index in [1.54, 1.807) is 6.07 Å². The highest BCUT2D eigenvalue weighted by molar-refractivity contribution is 6.15. The summed E-state index contributed by atoms with van der Waals surface area (Å²) in [5.74, 6) is -3.37. The van der Waals surface area contributed by atoms with Gasteiger partial charge in [0.05, 0.1) is 11.8 Å². The van der Waals surface area contributed by atoms with Crippen molar-refractivity contribution in [2.75, 3.05) is 5.32 Å². The number of imide groups is 1. The van der Waals surface area contributed by atoms with E-state index in [0.29, 0.717) is 17.7 Å². The van der Waals surface area contributed by atoms with Crippen molar-refractivity contribution >= 4 is 29.3 Å². The molecule has 0 radical (unpaired) electrons. The molecule has 1 aromatic carbocycles. The molecule has 2 fully saturated rings. The van der Waals surface area contributed by atoms with Crippen molar-refractivity contribution in [3.05, 3.63) is 29.3 Å². The molecule has 8 heteroatoms. The Bertz CT molecular complexity index is 913. The summed E-state index contributed by atoms with van der Waals surface area (Å²) in [6, 6.07) is 4.57. The van der Waals surface area contributed by atoms with Crippen LogP contribution in [0, 0.1) is 18.8 Å². The highest BCUT2D eigenvalue weighted by atomic mass is 16.2. The number of hydrogen-bond donors (Lipinski definition) is 3. The lowest BCUT2D eigenvalue weighted by molar-refractivity contribution is -0.145. The van der Waals surface area contributed by atoms with E-state index in [9.17, 15) is 19.2 Å². The lowest BCUT2D eigenvalue weighted by Crippen LogP contribution is -2.54. The fraction of sp³-hybridized carbons (Fsp3) is 0.500. The molecule has 1 spiro atoms. The van der Waals surface area contributed by atoms with E-state index in [4.69, 9.17) is 5.73 Å². The topological polar surface area (TPSA) is 122 Å². The summed E-state index contributed by atoms with van der Waals surface area (Å²) in [7, 11) is 0. The maximum atomic E-state index is 13.4. The summed E-state index contributed by atoms with van der Waals surface area (Å²) in [5.41, 5.74) is 6.22. The number of aryl methyl sites for hydroxylation is 1. The number of hydrogen-bond acceptors (Lipinski definition) is 5. The van der Waals surface area contributed by atoms with Crippen LogP contribution in [0.3, 0.4) is 0 Å². The quantitative estimate of drug-likeness (QED) is 0.649. The second kappa shape index (κ2) is 6.13. The molecule has 1 aromatic rings. The van der Waals surface area contributed by atoms with Crippen LogP contribution in [0.15, 0.2) is 18.2 Å². The third-order valence-corrected chi connectivity index (χ3v) is 6.36. The van der Waals surface area contributed by atoms with Gasteiger partial charge in [0.1, 0.15) is 5.54 Å². The van der Waals surface area contributed by atoms with Gasteiger partial charge < -0.3 is 11.1 Å². The van der Waals surface area contributed by atoms with Crippen LogP contribution in [0.4, 0.5) is 5.69 Å². The minimum absolute atomic E-state index is 0.120. The molecule has 4 amide bonds. The number of fused-ring (bicyclic) bond motifs is 4. The van der Waals surface area contributed by atoms with Gasteiger partial charge in [-0.1, -0.05) is 24.6 Å². The van der Waals surface area contributed by atoms with Crippen molar-refractivity contribution in [3.8, 4) is 0 Å². The second-order valence-corrected chi connectivity index (χ2v) is 8.04. The van der Waals surface area contributed by atoms with Crippen molar-refractivity contribution in [1.82, 2.24) is 10.2 Å². The Labute approximate surface area is 162 Å². The van der Waals surface area contributed by atoms with Gasteiger partial charge in [-0.25, -0.2) is 0 Å². The van der Waals surface area contributed by atoms with Crippen molar-refractivity contribution in [2.24, 2.45) is 17.6 Å². The molecule has 3 heterocycles. The number of nitrogens with one attached hydrogen (secondary N) is 2. The predicted octanol–water partition coefficient (Wildman–Crippen LogP) is 0.389. The van der Waals surface area contributed by atoms with Gasteiger partial charge in [0.2, 0.25) is 23.6 Å². The van der Waals surface area contributed by atoms with Crippen molar-refractivity contribution in [1.29, 1.82) is 0 Å². The number of primary amides is 1. The normalized spacial score (nSPS) is 31.9. The summed E-state index contributed by atoms with van der Waals surface area (Å²) < 4.78 is 0. The number of nitrogens with zero attached hydrogens (tertiary/aromatic N) is 1. The molecule has 5 atom stereocenters. The monoisotopic (exact) mass is 384 g/mol. The number of likely N-dealkylation sites (tertiary alicyclic amines) is 1. The van der Waals surface area contributed by atoms with E-state index < -0.39 is 29.3 Å². The van der Waals surface area contributed by atoms with Gasteiger partial charge in [-0.05, 0) is 26.3 Å². The van der Waals surface area contributed by atoms with Gasteiger partial charge in [-0.2, -0.15) is 0 Å². The number of carbonyl (C=O) groups excluding carboxylic acids is 4. The first-order chi connectivity index (χ1) is 13.2. The maximum absolute atomic E-state index is 13.4. The van der Waals surface area contributed by atoms with Crippen LogP contribution in [0.25, 0.3) is 0 Å². The summed E-state index contributed by atoms with van der Waals surface area (Å²) in [6.07, 6.45) is 0.491. The molecule has 0 aliphatic carbocycles. The van der Waals surface area contributed by atoms with E-state index in [1.165, 1.54) is 4.90 Å². The van der Waals surface area contributed by atoms with Gasteiger partial charge in [0.15, 0.2) is 0 Å². The van der Waals surface area contributed by atoms with Gasteiger partial charge in [-0.15, -0.1) is 0 Å². The molecule has 3 aliphatic heterocycles. The van der Waals surface area contributed by atoms with Crippen LogP contribution >= 0.6 is 0 Å². The largest absolute Gasteiger partial charge is 0.370 e. The zero-order valence-electron chi connectivity index (χ0n) is 16.1. The molecule has 2 saturated heterocycles. The van der Waals surface area contributed by atoms with Crippen LogP contribution in [-0.4, -0.2) is 40.6 Å². The van der Waals surface area contributed by atoms with Crippen molar-refractivity contribution in [2.45, 2.75) is 51.2 Å². The third-order valence-electron chi connectivity index (χ3n) is 6.36. The smallest absolute Gasteiger partial charge is 0.250 e. The summed E-state index contributed by atoms with van der Waals surface area (Å²) in [6.45, 7) is 5.61. The Hall–Kier alpha value is -2.74. The van der Waals surface area contributed by atoms with Crippen LogP contribution in [0.2, 0.25) is 0 Å². The van der Waals surface area contributed by atoms with Gasteiger partial charge in [0, 0.05) is 29.8 Å². The Morgan fingerprint density at radius 3 is 2.64 bits per heavy atom. The van der Waals surface area contributed by atoms with Gasteiger partial charge >= 0.3 is 0 Å². The molecule has 28 heavy (non-hydrogen) atoms. The molecular weight excluding hydrogens is 360 g/mol. The van der Waals surface area contributed by atoms with Crippen LogP contribution in [0.5, 0.6) is 0 Å². The molecular formula is C20H24N4O4. The van der Waals surface area contributed by atoms with E-state index in [-0.39, 0.29) is 30.2 Å². The number of carbonyl (C=O) groups is 4. The lowest BCUT2D eigenvalue weighted by atomic mass is 9.76. The Morgan fingerprint density at radius 1 is 1.29 bits per heavy atom. The first kappa shape index (κ1) is 18.6. The van der Waals surface area contributed by atoms with Crippen molar-refractivity contribution < 1.29 is 19.2 Å². The maximum Gasteiger partial charge on any atom is 0.250 e. The van der Waals surface area contributed by atoms with E-state index in [1.807, 2.05) is 32.9 Å². The van der Waals surface area contributed by atoms with Gasteiger partial charge in [-0.3, -0.25) is 29.4 Å². The molecule has 0 bridgehead atoms. The Morgan fingerprint density at radius 2 is 2.00 bits per heavy atom. The van der Waals surface area contributed by atoms with Crippen LogP contribution in [0.1, 0.15) is 37.8 Å². The zero-order chi connectivity index (χ0) is 20.4. The van der Waals surface area contributed by atoms with Crippen molar-refractivity contribution in [3.63, 3.8) is 0 Å². The highest BCUT2D eigenvalue weighted by Gasteiger charge is 2.70. The molecule has 3 aliphatic rings. The first-order valence-electron chi connectivity index (χ1n) is 9.57. The minimum Gasteiger partial charge on any atom is -0.370 e. The molecule has 0 aromatic heterocycles. The molecule has 4 N–H and O–H groups in total. The third kappa shape index (κ3) is 2.27. The van der Waals surface area contributed by atoms with E-state index >= 15 is 0 Å². The first-order valence-corrected chi connectivity index (χ1v) is 9.57. The second-order valence-electron chi connectivity index (χ2n) is 8.04. The number of rotatable bonds is 4. The fourth-order valence-electron chi connectivity index (χ4n) is 4.95. The predicted molar refractivity (Wildman–Crippen MR) is 101 cm³/mol. The number of nitrogens with two attached hydrogens (primary N) is 1. The fourth-order valence-corrected chi connectivity index (χ4v) is 4.95. The van der Waals surface area contributed by atoms with Crippen LogP contribution in [-0.2, 0) is 24.7 Å². The summed E-state index contributed by atoms with van der Waals surface area (Å²) >= 11 is 0. The van der Waals surface area contributed by atoms with Gasteiger partial charge in [0.25, 0.3) is 0 Å². The molecule has 148 valence electrons. The molecule has 4 rings (SSSR count). The SMILES string of the molecule is CCC(C)N1C(=O)C2C(CC(N)=O)NC3(C(=O)Nc4ccc(C)cc43)C2C1=O. The molecule has 5 unspecified atom stereocenters. The lowest BCUT2D eigenvalue weighted by Gasteiger charge is -2.31. The summed E-state index contributed by atoms with van der Waals surface area (Å²) in [5, 5.41) is 6.03. The average Bonchev–Trinajstić information content (AvgIpc) is 3.20. The van der Waals surface area contributed by atoms with Crippen LogP contribution < -0.4 is 16.4 Å². The number of anilines is 1. The standard InChI is InChI=1S/C20H24N4O4/c1-4-10(3)24-17(26)15-13(8-14(21)25)23-20(16(15)18(24)27)11-7-9(2)5-6-12(11)22-19(20)28/h5-7,10,13,15-16,23H,4,8H2,1-3H3,(H2,21,25)(H,22,28). The number of amides is 4. The Balaban J connectivity index is 1.90. The number of benzene rings is 1. The summed E-state index contributed by atoms with van der Waals surface area (Å²) in [4.78, 5) is 52.7. The average molecular weight is 384 g/mol. The van der Waals surface area contributed by atoms with E-state index in [2.05, 4.69) is 10.6 Å². The Kier molecular flexibility index (Phi) is 4.08. The zero-order valence-corrected chi connectivity index (χ0v) is 16.1.